The first-order chi connectivity index (χ1) is 11.1. The molecule has 0 aromatic heterocycles. The van der Waals surface area contributed by atoms with Crippen LogP contribution in [0.4, 0.5) is 5.69 Å². The van der Waals surface area contributed by atoms with Gasteiger partial charge in [-0.1, -0.05) is 23.2 Å². The molecule has 2 N–H and O–H groups in total. The van der Waals surface area contributed by atoms with Crippen LogP contribution in [0.3, 0.4) is 0 Å². The van der Waals surface area contributed by atoms with Gasteiger partial charge in [0.05, 0.1) is 10.0 Å². The Labute approximate surface area is 157 Å². The summed E-state index contributed by atoms with van der Waals surface area (Å²) in [6.07, 6.45) is 2.51. The Morgan fingerprint density at radius 2 is 2.04 bits per heavy atom. The topological polar surface area (TPSA) is 61.4 Å². The summed E-state index contributed by atoms with van der Waals surface area (Å²) in [7, 11) is 0. The van der Waals surface area contributed by atoms with Crippen molar-refractivity contribution in [3.05, 3.63) is 28.2 Å². The van der Waals surface area contributed by atoms with Crippen molar-refractivity contribution in [2.75, 3.05) is 24.5 Å². The maximum absolute atomic E-state index is 12.6. The summed E-state index contributed by atoms with van der Waals surface area (Å²) in [5.41, 5.74) is 0.680. The Hall–Kier alpha value is -1.01. The van der Waals surface area contributed by atoms with E-state index in [0.717, 1.165) is 25.9 Å². The normalized spacial score (nSPS) is 23.8. The second kappa shape index (κ2) is 8.39. The second-order valence-corrected chi connectivity index (χ2v) is 6.80. The Morgan fingerprint density at radius 1 is 1.25 bits per heavy atom. The summed E-state index contributed by atoms with van der Waals surface area (Å²) < 4.78 is 0. The minimum absolute atomic E-state index is 0. The lowest BCUT2D eigenvalue weighted by Gasteiger charge is -2.25. The lowest BCUT2D eigenvalue weighted by molar-refractivity contribution is -0.132. The maximum atomic E-state index is 12.6. The Balaban J connectivity index is 0.00000208. The molecule has 0 spiro atoms. The van der Waals surface area contributed by atoms with E-state index >= 15 is 0 Å². The smallest absolute Gasteiger partial charge is 0.239 e. The molecular weight excluding hydrogens is 373 g/mol. The molecule has 0 radical (unpaired) electrons. The zero-order valence-corrected chi connectivity index (χ0v) is 15.4. The van der Waals surface area contributed by atoms with Crippen molar-refractivity contribution in [3.8, 4) is 0 Å². The zero-order chi connectivity index (χ0) is 16.4. The maximum Gasteiger partial charge on any atom is 0.239 e. The molecule has 2 aliphatic rings. The number of hydrogen-bond donors (Lipinski definition) is 2. The molecule has 3 rings (SSSR count). The number of nitrogens with zero attached hydrogens (tertiary/aromatic N) is 1. The Bertz CT molecular complexity index is 621. The summed E-state index contributed by atoms with van der Waals surface area (Å²) in [6.45, 7) is 2.26. The van der Waals surface area contributed by atoms with Crippen molar-refractivity contribution in [1.82, 2.24) is 10.6 Å². The number of benzene rings is 1. The van der Waals surface area contributed by atoms with Crippen molar-refractivity contribution in [2.45, 2.75) is 25.3 Å². The average Bonchev–Trinajstić information content (AvgIpc) is 2.93. The fourth-order valence-corrected chi connectivity index (χ4v) is 3.40. The van der Waals surface area contributed by atoms with Crippen LogP contribution in [0.5, 0.6) is 0 Å². The number of amides is 2. The van der Waals surface area contributed by atoms with Crippen LogP contribution in [-0.4, -0.2) is 37.5 Å². The third-order valence-corrected chi connectivity index (χ3v) is 5.12. The van der Waals surface area contributed by atoms with Gasteiger partial charge in [0.15, 0.2) is 0 Å². The molecule has 1 aromatic carbocycles. The molecule has 24 heavy (non-hydrogen) atoms. The van der Waals surface area contributed by atoms with Gasteiger partial charge in [-0.05, 0) is 44.0 Å². The fraction of sp³-hybridized carbons (Fsp3) is 0.500. The minimum atomic E-state index is -0.619. The van der Waals surface area contributed by atoms with E-state index < -0.39 is 5.92 Å². The first-order valence-electron chi connectivity index (χ1n) is 7.84. The summed E-state index contributed by atoms with van der Waals surface area (Å²) in [5.74, 6) is -0.970. The molecule has 2 saturated heterocycles. The van der Waals surface area contributed by atoms with Gasteiger partial charge in [-0.15, -0.1) is 12.4 Å². The number of carbonyl (C=O) groups is 2. The third kappa shape index (κ3) is 4.14. The molecule has 132 valence electrons. The molecule has 2 aliphatic heterocycles. The number of halogens is 3. The van der Waals surface area contributed by atoms with Gasteiger partial charge in [0.25, 0.3) is 0 Å². The van der Waals surface area contributed by atoms with Crippen molar-refractivity contribution >= 4 is 53.1 Å². The summed E-state index contributed by atoms with van der Waals surface area (Å²) >= 11 is 11.9. The van der Waals surface area contributed by atoms with Crippen LogP contribution in [0.2, 0.25) is 10.0 Å². The van der Waals surface area contributed by atoms with Crippen LogP contribution in [-0.2, 0) is 9.59 Å². The number of hydrogen-bond acceptors (Lipinski definition) is 3. The van der Waals surface area contributed by atoms with Crippen LogP contribution in [0.25, 0.3) is 0 Å². The number of piperidine rings is 1. The monoisotopic (exact) mass is 391 g/mol. The quantitative estimate of drug-likeness (QED) is 0.777. The molecule has 2 fully saturated rings. The molecule has 0 aliphatic carbocycles. The van der Waals surface area contributed by atoms with Gasteiger partial charge in [0, 0.05) is 24.8 Å². The van der Waals surface area contributed by atoms with Crippen LogP contribution < -0.4 is 15.5 Å². The number of anilines is 1. The summed E-state index contributed by atoms with van der Waals surface area (Å²) in [4.78, 5) is 26.5. The zero-order valence-electron chi connectivity index (χ0n) is 13.1. The molecule has 8 heteroatoms. The number of nitrogens with one attached hydrogen (secondary N) is 2. The fourth-order valence-electron chi connectivity index (χ4n) is 3.11. The highest BCUT2D eigenvalue weighted by molar-refractivity contribution is 6.42. The van der Waals surface area contributed by atoms with Gasteiger partial charge in [0.1, 0.15) is 5.92 Å². The van der Waals surface area contributed by atoms with Gasteiger partial charge < -0.3 is 15.5 Å². The molecule has 2 amide bonds. The van der Waals surface area contributed by atoms with Crippen molar-refractivity contribution < 1.29 is 9.59 Å². The number of rotatable bonds is 3. The lowest BCUT2D eigenvalue weighted by atomic mass is 10.0. The molecule has 2 unspecified atom stereocenters. The van der Waals surface area contributed by atoms with E-state index in [1.165, 1.54) is 0 Å². The summed E-state index contributed by atoms with van der Waals surface area (Å²) in [5, 5.41) is 7.09. The second-order valence-electron chi connectivity index (χ2n) is 5.98. The van der Waals surface area contributed by atoms with Gasteiger partial charge in [-0.25, -0.2) is 0 Å². The van der Waals surface area contributed by atoms with E-state index in [4.69, 9.17) is 23.2 Å². The third-order valence-electron chi connectivity index (χ3n) is 4.38. The average molecular weight is 393 g/mol. The molecular formula is C16H20Cl3N3O2. The van der Waals surface area contributed by atoms with Crippen LogP contribution in [0.15, 0.2) is 18.2 Å². The van der Waals surface area contributed by atoms with E-state index in [1.807, 2.05) is 0 Å². The van der Waals surface area contributed by atoms with E-state index in [2.05, 4.69) is 10.6 Å². The first kappa shape index (κ1) is 19.3. The largest absolute Gasteiger partial charge is 0.351 e. The molecule has 2 heterocycles. The van der Waals surface area contributed by atoms with Crippen molar-refractivity contribution in [3.63, 3.8) is 0 Å². The lowest BCUT2D eigenvalue weighted by Crippen LogP contribution is -2.48. The SMILES string of the molecule is Cl.O=C(NC1CCCNC1)C1CCN(c2ccc(Cl)c(Cl)c2)C1=O. The molecule has 5 nitrogen and oxygen atoms in total. The predicted octanol–water partition coefficient (Wildman–Crippen LogP) is 2.64. The van der Waals surface area contributed by atoms with Gasteiger partial charge >= 0.3 is 0 Å². The van der Waals surface area contributed by atoms with E-state index in [9.17, 15) is 9.59 Å². The van der Waals surface area contributed by atoms with E-state index in [1.54, 1.807) is 23.1 Å². The van der Waals surface area contributed by atoms with Crippen LogP contribution in [0.1, 0.15) is 19.3 Å². The Kier molecular flexibility index (Phi) is 6.75. The van der Waals surface area contributed by atoms with Gasteiger partial charge in [0.2, 0.25) is 11.8 Å². The highest BCUT2D eigenvalue weighted by Crippen LogP contribution is 2.31. The van der Waals surface area contributed by atoms with Crippen LogP contribution in [0, 0.1) is 5.92 Å². The first-order valence-corrected chi connectivity index (χ1v) is 8.59. The van der Waals surface area contributed by atoms with Gasteiger partial charge in [-0.2, -0.15) is 0 Å². The predicted molar refractivity (Wildman–Crippen MR) is 98.2 cm³/mol. The Morgan fingerprint density at radius 3 is 2.71 bits per heavy atom. The summed E-state index contributed by atoms with van der Waals surface area (Å²) in [6, 6.07) is 5.18. The molecule has 0 saturated carbocycles. The molecule has 0 bridgehead atoms. The van der Waals surface area contributed by atoms with E-state index in [0.29, 0.717) is 28.7 Å². The van der Waals surface area contributed by atoms with Crippen molar-refractivity contribution in [2.24, 2.45) is 5.92 Å². The highest BCUT2D eigenvalue weighted by Gasteiger charge is 2.38. The van der Waals surface area contributed by atoms with E-state index in [-0.39, 0.29) is 30.3 Å². The molecule has 2 atom stereocenters. The highest BCUT2D eigenvalue weighted by atomic mass is 35.5. The van der Waals surface area contributed by atoms with Crippen molar-refractivity contribution in [1.29, 1.82) is 0 Å². The molecule has 1 aromatic rings. The number of carbonyl (C=O) groups excluding carboxylic acids is 2. The minimum Gasteiger partial charge on any atom is -0.351 e. The van der Waals surface area contributed by atoms with Gasteiger partial charge in [-0.3, -0.25) is 9.59 Å². The van der Waals surface area contributed by atoms with Crippen LogP contribution >= 0.6 is 35.6 Å². The standard InChI is InChI=1S/C16H19Cl2N3O2.ClH/c17-13-4-3-11(8-14(13)18)21-7-5-12(16(21)23)15(22)20-10-2-1-6-19-9-10;/h3-4,8,10,12,19H,1-2,5-7,9H2,(H,20,22);1H.